The van der Waals surface area contributed by atoms with Crippen LogP contribution in [0.4, 0.5) is 18.0 Å². The Kier molecular flexibility index (Phi) is 7.66. The van der Waals surface area contributed by atoms with E-state index in [1.807, 2.05) is 0 Å². The number of amides is 4. The van der Waals surface area contributed by atoms with Crippen LogP contribution in [0.25, 0.3) is 0 Å². The van der Waals surface area contributed by atoms with Crippen molar-refractivity contribution in [1.29, 1.82) is 0 Å². The minimum absolute atomic E-state index is 0.222. The third kappa shape index (κ3) is 6.03. The molecule has 0 spiro atoms. The Morgan fingerprint density at radius 1 is 1.10 bits per heavy atom. The Balaban J connectivity index is 1.19. The zero-order chi connectivity index (χ0) is 28.5. The van der Waals surface area contributed by atoms with Crippen molar-refractivity contribution in [3.05, 3.63) is 59.3 Å². The van der Waals surface area contributed by atoms with Gasteiger partial charge in [0, 0.05) is 42.5 Å². The van der Waals surface area contributed by atoms with Crippen LogP contribution < -0.4 is 15.4 Å². The van der Waals surface area contributed by atoms with Gasteiger partial charge in [0.15, 0.2) is 0 Å². The molecule has 1 saturated carbocycles. The number of pyridine rings is 1. The number of nitrogens with zero attached hydrogens (tertiary/aromatic N) is 3. The van der Waals surface area contributed by atoms with Crippen LogP contribution in [0, 0.1) is 0 Å². The number of hydroxylamine groups is 2. The molecule has 1 aromatic carbocycles. The third-order valence-electron chi connectivity index (χ3n) is 7.50. The van der Waals surface area contributed by atoms with Gasteiger partial charge in [-0.1, -0.05) is 6.07 Å². The van der Waals surface area contributed by atoms with E-state index in [4.69, 9.17) is 9.57 Å². The average Bonchev–Trinajstić information content (AvgIpc) is 2.92. The number of urea groups is 1. The SMILES string of the molecule is O=C(CNC(=O)c1cccc(C(F)(F)F)c1)NC(=O)N1OCOc2ccc(cn2)C2(O)CCC(CC2)N2CC1C2. The number of carbonyl (C=O) groups is 3. The summed E-state index contributed by atoms with van der Waals surface area (Å²) >= 11 is 0. The van der Waals surface area contributed by atoms with Crippen molar-refractivity contribution in [2.45, 2.75) is 49.5 Å². The molecule has 40 heavy (non-hydrogen) atoms. The van der Waals surface area contributed by atoms with Crippen molar-refractivity contribution in [3.8, 4) is 5.88 Å². The van der Waals surface area contributed by atoms with Crippen LogP contribution in [0.15, 0.2) is 42.6 Å². The molecule has 214 valence electrons. The van der Waals surface area contributed by atoms with E-state index in [1.54, 1.807) is 18.3 Å². The van der Waals surface area contributed by atoms with Crippen LogP contribution in [0.1, 0.15) is 47.2 Å². The molecule has 1 aromatic heterocycles. The summed E-state index contributed by atoms with van der Waals surface area (Å²) in [5, 5.41) is 16.5. The maximum absolute atomic E-state index is 12.9. The van der Waals surface area contributed by atoms with Crippen molar-refractivity contribution in [2.24, 2.45) is 0 Å². The molecular weight excluding hydrogens is 535 g/mol. The summed E-state index contributed by atoms with van der Waals surface area (Å²) in [6.45, 7) is -0.0641. The Morgan fingerprint density at radius 3 is 2.52 bits per heavy atom. The molecule has 9 rings (SSSR count). The van der Waals surface area contributed by atoms with Crippen LogP contribution >= 0.6 is 0 Å². The van der Waals surface area contributed by atoms with Gasteiger partial charge in [0.1, 0.15) is 0 Å². The van der Waals surface area contributed by atoms with Crippen LogP contribution in [-0.4, -0.2) is 76.4 Å². The molecular formula is C26H28F3N5O6. The summed E-state index contributed by atoms with van der Waals surface area (Å²) in [4.78, 5) is 49.6. The zero-order valence-corrected chi connectivity index (χ0v) is 21.3. The number of fused-ring (bicyclic) bond motifs is 1. The molecule has 14 heteroatoms. The van der Waals surface area contributed by atoms with Crippen molar-refractivity contribution >= 4 is 17.8 Å². The van der Waals surface area contributed by atoms with E-state index >= 15 is 0 Å². The molecule has 0 radical (unpaired) electrons. The fourth-order valence-corrected chi connectivity index (χ4v) is 5.20. The number of nitrogens with one attached hydrogen (secondary N) is 2. The quantitative estimate of drug-likeness (QED) is 0.518. The highest BCUT2D eigenvalue weighted by molar-refractivity contribution is 5.99. The molecule has 3 N–H and O–H groups in total. The first kappa shape index (κ1) is 27.8. The first-order chi connectivity index (χ1) is 19.0. The lowest BCUT2D eigenvalue weighted by atomic mass is 9.77. The number of rotatable bonds is 3. The number of hydrogen-bond donors (Lipinski definition) is 3. The van der Waals surface area contributed by atoms with E-state index in [-0.39, 0.29) is 24.3 Å². The third-order valence-corrected chi connectivity index (χ3v) is 7.50. The van der Waals surface area contributed by atoms with Gasteiger partial charge in [0.25, 0.3) is 5.91 Å². The molecule has 6 bridgehead atoms. The zero-order valence-electron chi connectivity index (χ0n) is 21.3. The fourth-order valence-electron chi connectivity index (χ4n) is 5.20. The lowest BCUT2D eigenvalue weighted by Crippen LogP contribution is -2.65. The van der Waals surface area contributed by atoms with E-state index in [1.165, 1.54) is 6.07 Å². The molecule has 6 aliphatic heterocycles. The molecule has 0 unspecified atom stereocenters. The van der Waals surface area contributed by atoms with Crippen molar-refractivity contribution < 1.29 is 42.2 Å². The van der Waals surface area contributed by atoms with Gasteiger partial charge >= 0.3 is 12.2 Å². The summed E-state index contributed by atoms with van der Waals surface area (Å²) in [5.41, 5.74) is -1.51. The second-order valence-electron chi connectivity index (χ2n) is 10.1. The molecule has 1 aliphatic carbocycles. The number of halogens is 3. The maximum Gasteiger partial charge on any atom is 0.416 e. The number of aliphatic hydroxyl groups is 1. The Labute approximate surface area is 227 Å². The number of imide groups is 1. The second kappa shape index (κ2) is 11.0. The van der Waals surface area contributed by atoms with Gasteiger partial charge in [-0.3, -0.25) is 19.8 Å². The Morgan fingerprint density at radius 2 is 1.85 bits per heavy atom. The van der Waals surface area contributed by atoms with E-state index < -0.39 is 47.8 Å². The highest BCUT2D eigenvalue weighted by atomic mass is 19.4. The van der Waals surface area contributed by atoms with Gasteiger partial charge in [-0.25, -0.2) is 14.6 Å². The van der Waals surface area contributed by atoms with E-state index in [9.17, 15) is 32.7 Å². The van der Waals surface area contributed by atoms with Gasteiger partial charge < -0.3 is 15.2 Å². The fraction of sp³-hybridized carbons (Fsp3) is 0.462. The topological polar surface area (TPSA) is 133 Å². The summed E-state index contributed by atoms with van der Waals surface area (Å²) in [5.74, 6) is -1.56. The molecule has 7 heterocycles. The number of carbonyl (C=O) groups excluding carboxylic acids is 3. The van der Waals surface area contributed by atoms with Crippen LogP contribution in [0.2, 0.25) is 0 Å². The molecule has 2 aromatic rings. The van der Waals surface area contributed by atoms with Crippen molar-refractivity contribution in [1.82, 2.24) is 25.6 Å². The van der Waals surface area contributed by atoms with Gasteiger partial charge in [-0.2, -0.15) is 18.2 Å². The minimum atomic E-state index is -4.62. The van der Waals surface area contributed by atoms with E-state index in [2.05, 4.69) is 20.5 Å². The van der Waals surface area contributed by atoms with E-state index in [0.717, 1.165) is 35.6 Å². The number of hydrogen-bond acceptors (Lipinski definition) is 8. The largest absolute Gasteiger partial charge is 0.448 e. The van der Waals surface area contributed by atoms with Crippen molar-refractivity contribution in [2.75, 3.05) is 26.4 Å². The predicted molar refractivity (Wildman–Crippen MR) is 131 cm³/mol. The molecule has 1 saturated heterocycles. The minimum Gasteiger partial charge on any atom is -0.448 e. The molecule has 0 atom stereocenters. The number of aromatic nitrogens is 1. The van der Waals surface area contributed by atoms with Crippen molar-refractivity contribution in [3.63, 3.8) is 0 Å². The van der Waals surface area contributed by atoms with E-state index in [0.29, 0.717) is 32.0 Å². The molecule has 11 nitrogen and oxygen atoms in total. The number of benzene rings is 1. The second-order valence-corrected chi connectivity index (χ2v) is 10.1. The average molecular weight is 564 g/mol. The highest BCUT2D eigenvalue weighted by Crippen LogP contribution is 2.40. The molecule has 2 fully saturated rings. The molecule has 7 aliphatic rings. The Hall–Kier alpha value is -3.75. The summed E-state index contributed by atoms with van der Waals surface area (Å²) in [7, 11) is 0. The van der Waals surface area contributed by atoms with Crippen LogP contribution in [0.5, 0.6) is 5.88 Å². The summed E-state index contributed by atoms with van der Waals surface area (Å²) in [6.07, 6.45) is -0.395. The van der Waals surface area contributed by atoms with Gasteiger partial charge in [0.05, 0.1) is 23.8 Å². The monoisotopic (exact) mass is 563 g/mol. The Bertz CT molecular complexity index is 1260. The lowest BCUT2D eigenvalue weighted by Gasteiger charge is -2.50. The first-order valence-electron chi connectivity index (χ1n) is 12.8. The number of alkyl halides is 3. The summed E-state index contributed by atoms with van der Waals surface area (Å²) in [6, 6.07) is 6.08. The van der Waals surface area contributed by atoms with Crippen LogP contribution in [-0.2, 0) is 21.4 Å². The van der Waals surface area contributed by atoms with Crippen LogP contribution in [0.3, 0.4) is 0 Å². The number of ether oxygens (including phenoxy) is 1. The smallest absolute Gasteiger partial charge is 0.416 e. The first-order valence-corrected chi connectivity index (χ1v) is 12.8. The van der Waals surface area contributed by atoms with Gasteiger partial charge in [-0.05, 0) is 49.9 Å². The standard InChI is InChI=1S/C26H28F3N5O6/c27-26(28,29)17-3-1-2-16(10-17)23(36)31-12-21(35)32-24(37)34-20-13-33(14-20)19-6-8-25(38,9-7-19)18-4-5-22(30-11-18)39-15-40-34/h1-5,10-11,19-20,38H,6-9,12-15H2,(H,31,36)(H,32,35,37). The summed E-state index contributed by atoms with van der Waals surface area (Å²) < 4.78 is 44.2. The maximum atomic E-state index is 12.9. The highest BCUT2D eigenvalue weighted by Gasteiger charge is 2.43. The van der Waals surface area contributed by atoms with Gasteiger partial charge in [-0.15, -0.1) is 0 Å². The lowest BCUT2D eigenvalue weighted by molar-refractivity contribution is -0.213. The predicted octanol–water partition coefficient (Wildman–Crippen LogP) is 2.16. The molecule has 4 amide bonds. The van der Waals surface area contributed by atoms with Gasteiger partial charge in [0.2, 0.25) is 18.6 Å². The normalized spacial score (nSPS) is 26.1.